The number of hydrogen-bond acceptors (Lipinski definition) is 2. The van der Waals surface area contributed by atoms with Crippen molar-refractivity contribution in [1.82, 2.24) is 4.90 Å². The first-order valence-electron chi connectivity index (χ1n) is 7.57. The van der Waals surface area contributed by atoms with Crippen LogP contribution in [0.5, 0.6) is 0 Å². The molecule has 0 aromatic heterocycles. The van der Waals surface area contributed by atoms with Gasteiger partial charge in [-0.05, 0) is 31.7 Å². The minimum Gasteiger partial charge on any atom is -0.391 e. The zero-order valence-corrected chi connectivity index (χ0v) is 12.5. The Morgan fingerprint density at radius 1 is 1.25 bits per heavy atom. The molecule has 0 radical (unpaired) electrons. The highest BCUT2D eigenvalue weighted by atomic mass is 16.3. The zero-order valence-electron chi connectivity index (χ0n) is 12.5. The normalized spacial score (nSPS) is 22.6. The first-order valence-corrected chi connectivity index (χ1v) is 7.57. The second kappa shape index (κ2) is 6.89. The van der Waals surface area contributed by atoms with Gasteiger partial charge in [-0.3, -0.25) is 4.79 Å². The maximum atomic E-state index is 12.2. The van der Waals surface area contributed by atoms with Crippen LogP contribution in [0.15, 0.2) is 24.3 Å². The van der Waals surface area contributed by atoms with Gasteiger partial charge in [0.2, 0.25) is 5.91 Å². The van der Waals surface area contributed by atoms with Crippen LogP contribution in [-0.4, -0.2) is 35.1 Å². The van der Waals surface area contributed by atoms with E-state index in [1.807, 2.05) is 7.05 Å². The standard InChI is InChI=1S/C17H25NO2/c1-13-7-9-14(10-8-13)11-12-17(20)18(2)15-5-3-4-6-16(15)19/h7-10,15-16,19H,3-6,11-12H2,1-2H3. The van der Waals surface area contributed by atoms with Crippen molar-refractivity contribution in [3.05, 3.63) is 35.4 Å². The fraction of sp³-hybridized carbons (Fsp3) is 0.588. The van der Waals surface area contributed by atoms with Crippen LogP contribution in [0.4, 0.5) is 0 Å². The van der Waals surface area contributed by atoms with Crippen LogP contribution in [0, 0.1) is 6.92 Å². The highest BCUT2D eigenvalue weighted by Gasteiger charge is 2.28. The SMILES string of the molecule is Cc1ccc(CCC(=O)N(C)C2CCCCC2O)cc1. The van der Waals surface area contributed by atoms with Gasteiger partial charge in [-0.25, -0.2) is 0 Å². The molecule has 1 aromatic rings. The molecular weight excluding hydrogens is 250 g/mol. The number of aryl methyl sites for hydroxylation is 2. The second-order valence-electron chi connectivity index (χ2n) is 5.91. The predicted molar refractivity (Wildman–Crippen MR) is 80.5 cm³/mol. The summed E-state index contributed by atoms with van der Waals surface area (Å²) < 4.78 is 0. The number of carbonyl (C=O) groups excluding carboxylic acids is 1. The van der Waals surface area contributed by atoms with Crippen molar-refractivity contribution in [2.45, 2.75) is 57.6 Å². The summed E-state index contributed by atoms with van der Waals surface area (Å²) in [5, 5.41) is 10.0. The molecule has 0 aliphatic heterocycles. The smallest absolute Gasteiger partial charge is 0.222 e. The number of nitrogens with zero attached hydrogens (tertiary/aromatic N) is 1. The Morgan fingerprint density at radius 2 is 1.90 bits per heavy atom. The van der Waals surface area contributed by atoms with Crippen LogP contribution in [-0.2, 0) is 11.2 Å². The summed E-state index contributed by atoms with van der Waals surface area (Å²) in [6, 6.07) is 8.33. The minimum atomic E-state index is -0.350. The van der Waals surface area contributed by atoms with Crippen molar-refractivity contribution in [2.24, 2.45) is 0 Å². The van der Waals surface area contributed by atoms with E-state index in [1.165, 1.54) is 11.1 Å². The Hall–Kier alpha value is -1.35. The Balaban J connectivity index is 1.86. The van der Waals surface area contributed by atoms with Gasteiger partial charge < -0.3 is 10.0 Å². The van der Waals surface area contributed by atoms with E-state index in [1.54, 1.807) is 4.90 Å². The quantitative estimate of drug-likeness (QED) is 0.918. The van der Waals surface area contributed by atoms with E-state index in [4.69, 9.17) is 0 Å². The number of amides is 1. The summed E-state index contributed by atoms with van der Waals surface area (Å²) in [5.41, 5.74) is 2.43. The van der Waals surface area contributed by atoms with Crippen molar-refractivity contribution < 1.29 is 9.90 Å². The molecule has 2 unspecified atom stereocenters. The van der Waals surface area contributed by atoms with Crippen LogP contribution >= 0.6 is 0 Å². The van der Waals surface area contributed by atoms with Gasteiger partial charge in [0.05, 0.1) is 12.1 Å². The van der Waals surface area contributed by atoms with Crippen LogP contribution in [0.25, 0.3) is 0 Å². The van der Waals surface area contributed by atoms with Crippen LogP contribution in [0.3, 0.4) is 0 Å². The van der Waals surface area contributed by atoms with Crippen LogP contribution in [0.1, 0.15) is 43.2 Å². The summed E-state index contributed by atoms with van der Waals surface area (Å²) in [5.74, 6) is 0.136. The summed E-state index contributed by atoms with van der Waals surface area (Å²) in [4.78, 5) is 14.0. The summed E-state index contributed by atoms with van der Waals surface area (Å²) in [7, 11) is 1.83. The van der Waals surface area contributed by atoms with Gasteiger partial charge in [0.1, 0.15) is 0 Å². The molecule has 3 heteroatoms. The predicted octanol–water partition coefficient (Wildman–Crippen LogP) is 2.69. The van der Waals surface area contributed by atoms with Gasteiger partial charge in [-0.1, -0.05) is 42.7 Å². The molecular formula is C17H25NO2. The van der Waals surface area contributed by atoms with E-state index in [2.05, 4.69) is 31.2 Å². The Labute approximate surface area is 121 Å². The number of hydrogen-bond donors (Lipinski definition) is 1. The molecule has 0 bridgehead atoms. The molecule has 1 saturated carbocycles. The summed E-state index contributed by atoms with van der Waals surface area (Å²) in [6.07, 6.45) is 4.86. The average Bonchev–Trinajstić information content (AvgIpc) is 2.46. The van der Waals surface area contributed by atoms with Crippen molar-refractivity contribution in [2.75, 3.05) is 7.05 Å². The molecule has 1 N–H and O–H groups in total. The number of likely N-dealkylation sites (N-methyl/N-ethyl adjacent to an activating group) is 1. The lowest BCUT2D eigenvalue weighted by atomic mass is 9.91. The molecule has 110 valence electrons. The Morgan fingerprint density at radius 3 is 2.55 bits per heavy atom. The molecule has 2 atom stereocenters. The van der Waals surface area contributed by atoms with E-state index >= 15 is 0 Å². The zero-order chi connectivity index (χ0) is 14.5. The molecule has 3 nitrogen and oxygen atoms in total. The minimum absolute atomic E-state index is 0.00858. The lowest BCUT2D eigenvalue weighted by Crippen LogP contribution is -2.46. The van der Waals surface area contributed by atoms with Crippen molar-refractivity contribution in [3.63, 3.8) is 0 Å². The largest absolute Gasteiger partial charge is 0.391 e. The average molecular weight is 275 g/mol. The molecule has 1 aliphatic carbocycles. The van der Waals surface area contributed by atoms with Crippen molar-refractivity contribution in [3.8, 4) is 0 Å². The van der Waals surface area contributed by atoms with E-state index < -0.39 is 0 Å². The number of aliphatic hydroxyl groups excluding tert-OH is 1. The molecule has 2 rings (SSSR count). The van der Waals surface area contributed by atoms with E-state index in [9.17, 15) is 9.90 Å². The van der Waals surface area contributed by atoms with Crippen molar-refractivity contribution in [1.29, 1.82) is 0 Å². The molecule has 0 saturated heterocycles. The Kier molecular flexibility index (Phi) is 5.18. The maximum absolute atomic E-state index is 12.2. The third-order valence-corrected chi connectivity index (χ3v) is 4.33. The highest BCUT2D eigenvalue weighted by molar-refractivity contribution is 5.76. The van der Waals surface area contributed by atoms with Crippen molar-refractivity contribution >= 4 is 5.91 Å². The Bertz CT molecular complexity index is 441. The number of aliphatic hydroxyl groups is 1. The first kappa shape index (κ1) is 15.0. The molecule has 0 heterocycles. The topological polar surface area (TPSA) is 40.5 Å². The first-order chi connectivity index (χ1) is 9.58. The number of benzene rings is 1. The molecule has 20 heavy (non-hydrogen) atoms. The number of carbonyl (C=O) groups is 1. The molecule has 1 fully saturated rings. The second-order valence-corrected chi connectivity index (χ2v) is 5.91. The lowest BCUT2D eigenvalue weighted by Gasteiger charge is -2.35. The van der Waals surface area contributed by atoms with Gasteiger partial charge in [-0.2, -0.15) is 0 Å². The van der Waals surface area contributed by atoms with E-state index in [0.29, 0.717) is 6.42 Å². The van der Waals surface area contributed by atoms with Gasteiger partial charge >= 0.3 is 0 Å². The third-order valence-electron chi connectivity index (χ3n) is 4.33. The molecule has 1 aliphatic rings. The van der Waals surface area contributed by atoms with E-state index in [0.717, 1.165) is 32.1 Å². The van der Waals surface area contributed by atoms with E-state index in [-0.39, 0.29) is 18.1 Å². The molecule has 1 amide bonds. The lowest BCUT2D eigenvalue weighted by molar-refractivity contribution is -0.135. The van der Waals surface area contributed by atoms with Gasteiger partial charge in [0.25, 0.3) is 0 Å². The molecule has 1 aromatic carbocycles. The fourth-order valence-electron chi connectivity index (χ4n) is 2.91. The summed E-state index contributed by atoms with van der Waals surface area (Å²) in [6.45, 7) is 2.06. The van der Waals surface area contributed by atoms with Crippen LogP contribution < -0.4 is 0 Å². The third kappa shape index (κ3) is 3.83. The van der Waals surface area contributed by atoms with Gasteiger partial charge in [0, 0.05) is 13.5 Å². The monoisotopic (exact) mass is 275 g/mol. The van der Waals surface area contributed by atoms with Gasteiger partial charge in [0.15, 0.2) is 0 Å². The number of rotatable bonds is 4. The highest BCUT2D eigenvalue weighted by Crippen LogP contribution is 2.23. The van der Waals surface area contributed by atoms with Gasteiger partial charge in [-0.15, -0.1) is 0 Å². The maximum Gasteiger partial charge on any atom is 0.222 e. The molecule has 0 spiro atoms. The fourth-order valence-corrected chi connectivity index (χ4v) is 2.91. The van der Waals surface area contributed by atoms with Crippen LogP contribution in [0.2, 0.25) is 0 Å². The summed E-state index contributed by atoms with van der Waals surface area (Å²) >= 11 is 0.